The van der Waals surface area contributed by atoms with E-state index in [1.807, 2.05) is 0 Å². The van der Waals surface area contributed by atoms with Crippen LogP contribution in [0, 0.1) is 12.8 Å². The number of amides is 1. The predicted molar refractivity (Wildman–Crippen MR) is 84.1 cm³/mol. The van der Waals surface area contributed by atoms with Gasteiger partial charge in [0.25, 0.3) is 5.91 Å². The van der Waals surface area contributed by atoms with Crippen molar-refractivity contribution in [1.82, 2.24) is 19.2 Å². The number of rotatable bonds is 4. The molecule has 1 aliphatic heterocycles. The largest absolute Gasteiger partial charge is 0.391 e. The molecule has 0 bridgehead atoms. The molecule has 10 heteroatoms. The Kier molecular flexibility index (Phi) is 4.87. The van der Waals surface area contributed by atoms with Gasteiger partial charge in [0.2, 0.25) is 16.0 Å². The summed E-state index contributed by atoms with van der Waals surface area (Å²) >= 11 is 0. The van der Waals surface area contributed by atoms with Gasteiger partial charge in [-0.15, -0.1) is 0 Å². The van der Waals surface area contributed by atoms with Gasteiger partial charge in [0.15, 0.2) is 0 Å². The Hall–Kier alpha value is -1.78. The molecule has 23 heavy (non-hydrogen) atoms. The van der Waals surface area contributed by atoms with Crippen LogP contribution in [0.1, 0.15) is 16.2 Å². The first-order chi connectivity index (χ1) is 10.6. The van der Waals surface area contributed by atoms with Crippen molar-refractivity contribution in [2.45, 2.75) is 13.0 Å². The van der Waals surface area contributed by atoms with Gasteiger partial charge in [-0.3, -0.25) is 4.79 Å². The van der Waals surface area contributed by atoms with Crippen molar-refractivity contribution in [2.24, 2.45) is 5.92 Å². The van der Waals surface area contributed by atoms with E-state index in [0.29, 0.717) is 5.69 Å². The van der Waals surface area contributed by atoms with Crippen LogP contribution in [0.3, 0.4) is 0 Å². The fourth-order valence-corrected chi connectivity index (χ4v) is 3.63. The third-order valence-corrected chi connectivity index (χ3v) is 5.73. The molecule has 2 rings (SSSR count). The van der Waals surface area contributed by atoms with E-state index < -0.39 is 28.0 Å². The Morgan fingerprint density at radius 3 is 2.65 bits per heavy atom. The zero-order valence-corrected chi connectivity index (χ0v) is 14.1. The van der Waals surface area contributed by atoms with Crippen LogP contribution in [-0.2, 0) is 10.0 Å². The molecule has 1 aromatic heterocycles. The van der Waals surface area contributed by atoms with Crippen LogP contribution in [0.15, 0.2) is 6.07 Å². The number of anilines is 1. The van der Waals surface area contributed by atoms with Gasteiger partial charge in [-0.25, -0.2) is 22.7 Å². The Labute approximate surface area is 135 Å². The van der Waals surface area contributed by atoms with E-state index in [-0.39, 0.29) is 30.5 Å². The Morgan fingerprint density at radius 1 is 1.43 bits per heavy atom. The lowest BCUT2D eigenvalue weighted by atomic mass is 10.1. The third kappa shape index (κ3) is 3.95. The molecule has 2 heterocycles. The molecule has 1 saturated heterocycles. The maximum Gasteiger partial charge on any atom is 0.272 e. The molecule has 1 amide bonds. The summed E-state index contributed by atoms with van der Waals surface area (Å²) in [7, 11) is -0.579. The van der Waals surface area contributed by atoms with E-state index in [1.54, 1.807) is 6.92 Å². The Morgan fingerprint density at radius 2 is 2.09 bits per heavy atom. The van der Waals surface area contributed by atoms with Crippen molar-refractivity contribution in [3.63, 3.8) is 0 Å². The molecule has 0 aromatic carbocycles. The number of nitrogens with two attached hydrogens (primary N) is 1. The highest BCUT2D eigenvalue weighted by Gasteiger charge is 2.38. The molecule has 0 spiro atoms. The number of hydrogen-bond donors (Lipinski definition) is 2. The van der Waals surface area contributed by atoms with Crippen molar-refractivity contribution in [2.75, 3.05) is 38.7 Å². The van der Waals surface area contributed by atoms with Crippen molar-refractivity contribution in [1.29, 1.82) is 0 Å². The predicted octanol–water partition coefficient (Wildman–Crippen LogP) is -1.31. The number of carbonyl (C=O) groups excluding carboxylic acids is 1. The summed E-state index contributed by atoms with van der Waals surface area (Å²) in [5.74, 6) is -1.15. The summed E-state index contributed by atoms with van der Waals surface area (Å²) in [6.45, 7) is 1.91. The molecule has 128 valence electrons. The highest BCUT2D eigenvalue weighted by Crippen LogP contribution is 2.21. The van der Waals surface area contributed by atoms with E-state index in [9.17, 15) is 18.3 Å². The highest BCUT2D eigenvalue weighted by atomic mass is 32.2. The standard InChI is InChI=1S/C13H21N5O4S/c1-8-4-10(16-13(14)15-8)12(20)18-5-9(11(19)6-18)7-23(21,22)17(2)3/h4,9,11,19H,5-7H2,1-3H3,(H2,14,15,16)/t9-,11-/m0/s1. The second-order valence-corrected chi connectivity index (χ2v) is 8.08. The molecular formula is C13H21N5O4S. The van der Waals surface area contributed by atoms with Gasteiger partial charge in [0.1, 0.15) is 5.69 Å². The van der Waals surface area contributed by atoms with E-state index in [4.69, 9.17) is 5.73 Å². The van der Waals surface area contributed by atoms with Crippen molar-refractivity contribution >= 4 is 21.9 Å². The van der Waals surface area contributed by atoms with Gasteiger partial charge in [-0.05, 0) is 13.0 Å². The summed E-state index contributed by atoms with van der Waals surface area (Å²) in [5, 5.41) is 10.1. The maximum absolute atomic E-state index is 12.5. The summed E-state index contributed by atoms with van der Waals surface area (Å²) in [4.78, 5) is 21.6. The molecule has 1 aromatic rings. The zero-order valence-electron chi connectivity index (χ0n) is 13.3. The molecule has 9 nitrogen and oxygen atoms in total. The second kappa shape index (κ2) is 6.38. The number of sulfonamides is 1. The summed E-state index contributed by atoms with van der Waals surface area (Å²) in [6.07, 6.45) is -0.894. The monoisotopic (exact) mass is 343 g/mol. The number of carbonyl (C=O) groups is 1. The second-order valence-electron chi connectivity index (χ2n) is 5.85. The van der Waals surface area contributed by atoms with Gasteiger partial charge in [0, 0.05) is 38.8 Å². The molecule has 0 radical (unpaired) electrons. The lowest BCUT2D eigenvalue weighted by Gasteiger charge is -2.18. The van der Waals surface area contributed by atoms with Crippen molar-refractivity contribution in [3.8, 4) is 0 Å². The Balaban J connectivity index is 2.13. The van der Waals surface area contributed by atoms with Crippen LogP contribution < -0.4 is 5.73 Å². The number of hydrogen-bond acceptors (Lipinski definition) is 7. The van der Waals surface area contributed by atoms with Crippen molar-refractivity contribution < 1.29 is 18.3 Å². The molecular weight excluding hydrogens is 322 g/mol. The lowest BCUT2D eigenvalue weighted by Crippen LogP contribution is -2.33. The first-order valence-corrected chi connectivity index (χ1v) is 8.70. The summed E-state index contributed by atoms with van der Waals surface area (Å²) in [6, 6.07) is 1.51. The first kappa shape index (κ1) is 17.6. The minimum atomic E-state index is -3.45. The number of aliphatic hydroxyl groups excluding tert-OH is 1. The molecule has 0 saturated carbocycles. The fraction of sp³-hybridized carbons (Fsp3) is 0.615. The topological polar surface area (TPSA) is 130 Å². The van der Waals surface area contributed by atoms with Crippen LogP contribution in [-0.4, -0.2) is 77.6 Å². The molecule has 0 unspecified atom stereocenters. The summed E-state index contributed by atoms with van der Waals surface area (Å²) in [5.41, 5.74) is 6.24. The number of aromatic nitrogens is 2. The maximum atomic E-state index is 12.5. The van der Waals surface area contributed by atoms with E-state index in [1.165, 1.54) is 25.1 Å². The molecule has 0 aliphatic carbocycles. The fourth-order valence-electron chi connectivity index (χ4n) is 2.47. The zero-order chi connectivity index (χ0) is 17.4. The molecule has 2 atom stereocenters. The minimum absolute atomic E-state index is 0.000157. The van der Waals surface area contributed by atoms with E-state index in [0.717, 1.165) is 4.31 Å². The number of aryl methyl sites for hydroxylation is 1. The van der Waals surface area contributed by atoms with E-state index in [2.05, 4.69) is 9.97 Å². The van der Waals surface area contributed by atoms with Crippen LogP contribution in [0.5, 0.6) is 0 Å². The van der Waals surface area contributed by atoms with Gasteiger partial charge in [-0.2, -0.15) is 0 Å². The van der Waals surface area contributed by atoms with Crippen LogP contribution in [0.2, 0.25) is 0 Å². The smallest absolute Gasteiger partial charge is 0.272 e. The molecule has 3 N–H and O–H groups in total. The highest BCUT2D eigenvalue weighted by molar-refractivity contribution is 7.89. The Bertz CT molecular complexity index is 686. The molecule has 1 aliphatic rings. The van der Waals surface area contributed by atoms with Gasteiger partial charge >= 0.3 is 0 Å². The average molecular weight is 343 g/mol. The lowest BCUT2D eigenvalue weighted by molar-refractivity contribution is 0.0759. The SMILES string of the molecule is Cc1cc(C(=O)N2C[C@@H](CS(=O)(=O)N(C)C)[C@@H](O)C2)nc(N)n1. The number of nitrogens with zero attached hydrogens (tertiary/aromatic N) is 4. The van der Waals surface area contributed by atoms with Gasteiger partial charge < -0.3 is 15.7 Å². The summed E-state index contributed by atoms with van der Waals surface area (Å²) < 4.78 is 25.0. The normalized spacial score (nSPS) is 21.9. The molecule has 1 fully saturated rings. The van der Waals surface area contributed by atoms with Crippen molar-refractivity contribution in [3.05, 3.63) is 17.5 Å². The number of β-amino-alcohol motifs (C(OH)–C–C–N with tert-alkyl or cyclic N) is 1. The minimum Gasteiger partial charge on any atom is -0.391 e. The van der Waals surface area contributed by atoms with Crippen LogP contribution in [0.25, 0.3) is 0 Å². The number of likely N-dealkylation sites (tertiary alicyclic amines) is 1. The van der Waals surface area contributed by atoms with Crippen LogP contribution >= 0.6 is 0 Å². The van der Waals surface area contributed by atoms with E-state index >= 15 is 0 Å². The first-order valence-electron chi connectivity index (χ1n) is 7.09. The average Bonchev–Trinajstić information content (AvgIpc) is 2.77. The third-order valence-electron chi connectivity index (χ3n) is 3.77. The van der Waals surface area contributed by atoms with Gasteiger partial charge in [-0.1, -0.05) is 0 Å². The number of nitrogen functional groups attached to an aromatic ring is 1. The number of aliphatic hydroxyl groups is 1. The van der Waals surface area contributed by atoms with Crippen LogP contribution in [0.4, 0.5) is 5.95 Å². The van der Waals surface area contributed by atoms with Gasteiger partial charge in [0.05, 0.1) is 11.9 Å². The quantitative estimate of drug-likeness (QED) is 0.694.